The fourth-order valence-electron chi connectivity index (χ4n) is 1.50. The predicted molar refractivity (Wildman–Crippen MR) is 75.5 cm³/mol. The maximum atomic E-state index is 12.0. The standard InChI is InChI=1S/C12H15BrN2O6/c1-3-19-12(16)9(7-21-20-4-2)11-10(13)5-8(6-14-11)15(17)18/h5-6,9H,3-4,7H2,1-2H3. The Morgan fingerprint density at radius 1 is 1.43 bits per heavy atom. The van der Waals surface area contributed by atoms with Gasteiger partial charge in [0.2, 0.25) is 0 Å². The quantitative estimate of drug-likeness (QED) is 0.230. The number of pyridine rings is 1. The van der Waals surface area contributed by atoms with Crippen molar-refractivity contribution in [3.8, 4) is 0 Å². The molecule has 0 saturated heterocycles. The lowest BCUT2D eigenvalue weighted by Crippen LogP contribution is -2.22. The van der Waals surface area contributed by atoms with Gasteiger partial charge in [-0.05, 0) is 29.8 Å². The minimum absolute atomic E-state index is 0.101. The molecule has 0 aliphatic rings. The Bertz CT molecular complexity index is 511. The maximum absolute atomic E-state index is 12.0. The zero-order chi connectivity index (χ0) is 15.8. The van der Waals surface area contributed by atoms with Gasteiger partial charge in [0.25, 0.3) is 5.69 Å². The highest BCUT2D eigenvalue weighted by atomic mass is 79.9. The molecule has 1 atom stereocenters. The molecule has 0 saturated carbocycles. The molecule has 0 bridgehead atoms. The van der Waals surface area contributed by atoms with Gasteiger partial charge in [-0.1, -0.05) is 0 Å². The molecule has 1 aromatic rings. The van der Waals surface area contributed by atoms with Crippen molar-refractivity contribution in [1.29, 1.82) is 0 Å². The van der Waals surface area contributed by atoms with Crippen LogP contribution in [0.25, 0.3) is 0 Å². The Morgan fingerprint density at radius 3 is 2.67 bits per heavy atom. The number of hydrogen-bond donors (Lipinski definition) is 0. The molecule has 0 radical (unpaired) electrons. The summed E-state index contributed by atoms with van der Waals surface area (Å²) in [4.78, 5) is 35.7. The number of carbonyl (C=O) groups excluding carboxylic acids is 1. The van der Waals surface area contributed by atoms with Crippen molar-refractivity contribution >= 4 is 27.6 Å². The second kappa shape index (κ2) is 8.65. The number of carbonyl (C=O) groups is 1. The molecule has 8 nitrogen and oxygen atoms in total. The second-order valence-electron chi connectivity index (χ2n) is 3.81. The number of aromatic nitrogens is 1. The van der Waals surface area contributed by atoms with Crippen molar-refractivity contribution in [1.82, 2.24) is 4.98 Å². The van der Waals surface area contributed by atoms with E-state index >= 15 is 0 Å². The van der Waals surface area contributed by atoms with Crippen LogP contribution >= 0.6 is 15.9 Å². The number of esters is 1. The highest BCUT2D eigenvalue weighted by Crippen LogP contribution is 2.27. The molecule has 0 aliphatic carbocycles. The molecule has 1 aromatic heterocycles. The fraction of sp³-hybridized carbons (Fsp3) is 0.500. The first-order valence-corrected chi connectivity index (χ1v) is 7.01. The Kier molecular flexibility index (Phi) is 7.20. The number of nitro groups is 1. The largest absolute Gasteiger partial charge is 0.465 e. The molecule has 1 heterocycles. The van der Waals surface area contributed by atoms with Crippen LogP contribution in [0.5, 0.6) is 0 Å². The molecule has 0 spiro atoms. The van der Waals surface area contributed by atoms with Crippen LogP contribution in [0.2, 0.25) is 0 Å². The molecule has 21 heavy (non-hydrogen) atoms. The predicted octanol–water partition coefficient (Wildman–Crippen LogP) is 2.37. The van der Waals surface area contributed by atoms with E-state index in [1.807, 2.05) is 0 Å². The third kappa shape index (κ3) is 5.03. The van der Waals surface area contributed by atoms with Crippen molar-refractivity contribution in [2.45, 2.75) is 19.8 Å². The van der Waals surface area contributed by atoms with Crippen molar-refractivity contribution < 1.29 is 24.2 Å². The highest BCUT2D eigenvalue weighted by molar-refractivity contribution is 9.10. The highest BCUT2D eigenvalue weighted by Gasteiger charge is 2.27. The molecule has 0 N–H and O–H groups in total. The van der Waals surface area contributed by atoms with E-state index in [1.165, 1.54) is 6.07 Å². The van der Waals surface area contributed by atoms with E-state index in [1.54, 1.807) is 13.8 Å². The Hall–Kier alpha value is -1.58. The molecular formula is C12H15BrN2O6. The summed E-state index contributed by atoms with van der Waals surface area (Å²) in [5.74, 6) is -1.38. The molecule has 0 aromatic carbocycles. The number of hydrogen-bond acceptors (Lipinski definition) is 7. The molecular weight excluding hydrogens is 348 g/mol. The average molecular weight is 363 g/mol. The monoisotopic (exact) mass is 362 g/mol. The van der Waals surface area contributed by atoms with E-state index < -0.39 is 16.8 Å². The molecule has 0 aliphatic heterocycles. The number of ether oxygens (including phenoxy) is 1. The van der Waals surface area contributed by atoms with Gasteiger partial charge in [0.1, 0.15) is 18.7 Å². The van der Waals surface area contributed by atoms with Gasteiger partial charge in [0.15, 0.2) is 0 Å². The second-order valence-corrected chi connectivity index (χ2v) is 4.67. The van der Waals surface area contributed by atoms with Crippen LogP contribution < -0.4 is 0 Å². The van der Waals surface area contributed by atoms with Crippen LogP contribution in [-0.2, 0) is 19.3 Å². The van der Waals surface area contributed by atoms with Gasteiger partial charge in [-0.2, -0.15) is 0 Å². The van der Waals surface area contributed by atoms with E-state index in [9.17, 15) is 14.9 Å². The molecule has 1 unspecified atom stereocenters. The SMILES string of the molecule is CCOOCC(C(=O)OCC)c1ncc([N+](=O)[O-])cc1Br. The van der Waals surface area contributed by atoms with Crippen LogP contribution in [0.3, 0.4) is 0 Å². The first kappa shape index (κ1) is 17.5. The molecule has 0 amide bonds. The summed E-state index contributed by atoms with van der Waals surface area (Å²) in [5.41, 5.74) is 0.109. The van der Waals surface area contributed by atoms with Crippen LogP contribution in [-0.4, -0.2) is 35.7 Å². The lowest BCUT2D eigenvalue weighted by Gasteiger charge is -2.15. The van der Waals surface area contributed by atoms with Gasteiger partial charge >= 0.3 is 5.97 Å². The van der Waals surface area contributed by atoms with Gasteiger partial charge in [0.05, 0.1) is 23.8 Å². The Labute approximate surface area is 129 Å². The van der Waals surface area contributed by atoms with Gasteiger partial charge in [-0.25, -0.2) is 9.78 Å². The minimum Gasteiger partial charge on any atom is -0.465 e. The lowest BCUT2D eigenvalue weighted by atomic mass is 10.1. The summed E-state index contributed by atoms with van der Waals surface area (Å²) in [6.07, 6.45) is 1.08. The van der Waals surface area contributed by atoms with Gasteiger partial charge < -0.3 is 4.74 Å². The maximum Gasteiger partial charge on any atom is 0.317 e. The van der Waals surface area contributed by atoms with Crippen molar-refractivity contribution in [2.75, 3.05) is 19.8 Å². The van der Waals surface area contributed by atoms with Crippen LogP contribution in [0, 0.1) is 10.1 Å². The van der Waals surface area contributed by atoms with E-state index in [-0.39, 0.29) is 18.9 Å². The molecule has 1 rings (SSSR count). The zero-order valence-electron chi connectivity index (χ0n) is 11.6. The number of nitrogens with zero attached hydrogens (tertiary/aromatic N) is 2. The lowest BCUT2D eigenvalue weighted by molar-refractivity contribution is -0.385. The summed E-state index contributed by atoms with van der Waals surface area (Å²) in [6.45, 7) is 3.84. The minimum atomic E-state index is -0.841. The van der Waals surface area contributed by atoms with E-state index in [0.717, 1.165) is 6.20 Å². The molecule has 9 heteroatoms. The Morgan fingerprint density at radius 2 is 2.14 bits per heavy atom. The van der Waals surface area contributed by atoms with E-state index in [4.69, 9.17) is 14.5 Å². The van der Waals surface area contributed by atoms with Crippen LogP contribution in [0.15, 0.2) is 16.7 Å². The van der Waals surface area contributed by atoms with Gasteiger partial charge in [0, 0.05) is 10.5 Å². The third-order valence-electron chi connectivity index (χ3n) is 2.40. The topological polar surface area (TPSA) is 101 Å². The van der Waals surface area contributed by atoms with E-state index in [2.05, 4.69) is 20.9 Å². The van der Waals surface area contributed by atoms with Crippen LogP contribution in [0.1, 0.15) is 25.5 Å². The molecule has 116 valence electrons. The summed E-state index contributed by atoms with van der Waals surface area (Å²) < 4.78 is 5.28. The summed E-state index contributed by atoms with van der Waals surface area (Å²) in [6, 6.07) is 1.27. The van der Waals surface area contributed by atoms with Crippen molar-refractivity contribution in [3.63, 3.8) is 0 Å². The fourth-order valence-corrected chi connectivity index (χ4v) is 2.11. The van der Waals surface area contributed by atoms with Crippen molar-refractivity contribution in [3.05, 3.63) is 32.5 Å². The number of rotatable bonds is 8. The molecule has 0 fully saturated rings. The first-order valence-electron chi connectivity index (χ1n) is 6.22. The number of halogens is 1. The normalized spacial score (nSPS) is 12.0. The summed E-state index contributed by atoms with van der Waals surface area (Å²) in [7, 11) is 0. The zero-order valence-corrected chi connectivity index (χ0v) is 13.2. The van der Waals surface area contributed by atoms with Gasteiger partial charge in [-0.3, -0.25) is 19.9 Å². The smallest absolute Gasteiger partial charge is 0.317 e. The summed E-state index contributed by atoms with van der Waals surface area (Å²) >= 11 is 3.17. The first-order chi connectivity index (χ1) is 10.0. The van der Waals surface area contributed by atoms with Crippen LogP contribution in [0.4, 0.5) is 5.69 Å². The van der Waals surface area contributed by atoms with Gasteiger partial charge in [-0.15, -0.1) is 0 Å². The van der Waals surface area contributed by atoms with E-state index in [0.29, 0.717) is 16.8 Å². The average Bonchev–Trinajstić information content (AvgIpc) is 2.44. The summed E-state index contributed by atoms with van der Waals surface area (Å²) in [5, 5.41) is 10.7. The third-order valence-corrected chi connectivity index (χ3v) is 3.04. The Balaban J connectivity index is 3.01. The van der Waals surface area contributed by atoms with Crippen molar-refractivity contribution in [2.24, 2.45) is 0 Å².